The first-order valence-corrected chi connectivity index (χ1v) is 17.1. The van der Waals surface area contributed by atoms with Crippen molar-refractivity contribution in [2.45, 2.75) is 141 Å². The molecule has 0 aromatic rings. The third-order valence-electron chi connectivity index (χ3n) is 7.02. The van der Waals surface area contributed by atoms with E-state index in [2.05, 4.69) is 13.8 Å². The summed E-state index contributed by atoms with van der Waals surface area (Å²) in [5.74, 6) is -1.09. The van der Waals surface area contributed by atoms with Crippen LogP contribution in [0.2, 0.25) is 0 Å². The van der Waals surface area contributed by atoms with Crippen LogP contribution >= 0.6 is 7.82 Å². The normalized spacial score (nSPS) is 14.7. The molecule has 0 aromatic heterocycles. The van der Waals surface area contributed by atoms with E-state index in [0.717, 1.165) is 51.4 Å². The van der Waals surface area contributed by atoms with Crippen molar-refractivity contribution >= 4 is 19.4 Å². The van der Waals surface area contributed by atoms with Crippen LogP contribution in [-0.2, 0) is 23.2 Å². The van der Waals surface area contributed by atoms with Gasteiger partial charge in [-0.2, -0.15) is 0 Å². The van der Waals surface area contributed by atoms with E-state index in [4.69, 9.17) is 14.2 Å². The Labute approximate surface area is 244 Å². The number of carbonyl (C=O) groups excluding carboxylic acids is 2. The lowest BCUT2D eigenvalue weighted by Crippen LogP contribution is -2.60. The molecule has 0 aliphatic rings. The average Bonchev–Trinajstić information content (AvgIpc) is 2.88. The van der Waals surface area contributed by atoms with Crippen LogP contribution in [0.3, 0.4) is 0 Å². The molecule has 0 fully saturated rings. The second-order valence-electron chi connectivity index (χ2n) is 12.2. The molecule has 0 bridgehead atoms. The molecule has 0 rings (SSSR count). The number of rotatable bonds is 28. The molecule has 40 heavy (non-hydrogen) atoms. The summed E-state index contributed by atoms with van der Waals surface area (Å²) in [6.07, 6.45) is 15.0. The second-order valence-corrected chi connectivity index (χ2v) is 13.6. The Balaban J connectivity index is 5.56. The molecule has 2 atom stereocenters. The highest BCUT2D eigenvalue weighted by Crippen LogP contribution is 2.45. The molecule has 0 amide bonds. The zero-order valence-corrected chi connectivity index (χ0v) is 27.1. The molecular formula is C30H60NO8P. The van der Waals surface area contributed by atoms with Crippen LogP contribution in [0.5, 0.6) is 0 Å². The number of nitrogens with zero attached hydrogens (tertiary/aromatic N) is 1. The van der Waals surface area contributed by atoms with E-state index in [1.807, 2.05) is 0 Å². The van der Waals surface area contributed by atoms with E-state index in [-0.39, 0.29) is 23.9 Å². The van der Waals surface area contributed by atoms with Crippen LogP contribution in [0.25, 0.3) is 0 Å². The van der Waals surface area contributed by atoms with Gasteiger partial charge in [0.25, 0.3) is 7.82 Å². The number of hydrogen-bond acceptors (Lipinski definition) is 8. The van der Waals surface area contributed by atoms with Gasteiger partial charge in [-0.25, -0.2) is 0 Å². The molecule has 9 nitrogen and oxygen atoms in total. The number of phosphoric acid groups is 1. The van der Waals surface area contributed by atoms with Gasteiger partial charge < -0.3 is 24.1 Å². The van der Waals surface area contributed by atoms with Crippen molar-refractivity contribution in [2.75, 3.05) is 40.9 Å². The molecule has 10 heteroatoms. The van der Waals surface area contributed by atoms with Gasteiger partial charge in [-0.1, -0.05) is 104 Å². The van der Waals surface area contributed by atoms with Crippen molar-refractivity contribution in [3.05, 3.63) is 0 Å². The summed E-state index contributed by atoms with van der Waals surface area (Å²) < 4.78 is 23.2. The Morgan fingerprint density at radius 2 is 1.15 bits per heavy atom. The second kappa shape index (κ2) is 21.9. The van der Waals surface area contributed by atoms with Crippen molar-refractivity contribution in [1.82, 2.24) is 0 Å². The monoisotopic (exact) mass is 593 g/mol. The van der Waals surface area contributed by atoms with Crippen LogP contribution in [0.15, 0.2) is 0 Å². The minimum absolute atomic E-state index is 0.0391. The fourth-order valence-corrected chi connectivity index (χ4v) is 5.87. The van der Waals surface area contributed by atoms with Crippen molar-refractivity contribution in [3.8, 4) is 0 Å². The average molecular weight is 594 g/mol. The van der Waals surface area contributed by atoms with Gasteiger partial charge in [0.05, 0.1) is 34.4 Å². The van der Waals surface area contributed by atoms with Crippen LogP contribution in [-0.4, -0.2) is 78.9 Å². The number of aliphatic hydroxyl groups is 2. The third kappa shape index (κ3) is 18.7. The largest absolute Gasteiger partial charge is 0.756 e. The van der Waals surface area contributed by atoms with Crippen molar-refractivity contribution in [1.29, 1.82) is 0 Å². The fourth-order valence-electron chi connectivity index (χ4n) is 4.82. The number of aliphatic hydroxyl groups excluding tert-OH is 2. The van der Waals surface area contributed by atoms with Gasteiger partial charge in [-0.05, 0) is 12.8 Å². The first-order chi connectivity index (χ1) is 18.8. The van der Waals surface area contributed by atoms with Gasteiger partial charge >= 0.3 is 0 Å². The highest BCUT2D eigenvalue weighted by Gasteiger charge is 2.52. The summed E-state index contributed by atoms with van der Waals surface area (Å²) in [5, 5.41) is 18.6. The first kappa shape index (κ1) is 39.3. The molecule has 2 N–H and O–H groups in total. The van der Waals surface area contributed by atoms with Gasteiger partial charge in [0, 0.05) is 12.8 Å². The summed E-state index contributed by atoms with van der Waals surface area (Å²) >= 11 is 0. The fraction of sp³-hybridized carbons (Fsp3) is 0.933. The predicted molar refractivity (Wildman–Crippen MR) is 158 cm³/mol. The van der Waals surface area contributed by atoms with Crippen molar-refractivity contribution in [2.24, 2.45) is 0 Å². The lowest BCUT2D eigenvalue weighted by Gasteiger charge is -2.40. The lowest BCUT2D eigenvalue weighted by atomic mass is 9.86. The van der Waals surface area contributed by atoms with Crippen LogP contribution in [0.1, 0.15) is 129 Å². The van der Waals surface area contributed by atoms with Gasteiger partial charge in [-0.15, -0.1) is 0 Å². The van der Waals surface area contributed by atoms with E-state index in [0.29, 0.717) is 12.8 Å². The summed E-state index contributed by atoms with van der Waals surface area (Å²) in [5.41, 5.74) is -2.19. The SMILES string of the molecule is CCCCCCCCCCC(=O)C(C[N+](C)(C)C)(OP(=O)([O-])OC[C@H](O)CO)C(=O)CCCCCCCCCC. The van der Waals surface area contributed by atoms with Gasteiger partial charge in [0.15, 0.2) is 11.6 Å². The highest BCUT2D eigenvalue weighted by molar-refractivity contribution is 7.46. The van der Waals surface area contributed by atoms with Gasteiger partial charge in [0.1, 0.15) is 12.6 Å². The topological polar surface area (TPSA) is 133 Å². The summed E-state index contributed by atoms with van der Waals surface area (Å²) in [6, 6.07) is 0. The number of carbonyl (C=O) groups is 2. The van der Waals surface area contributed by atoms with Crippen LogP contribution in [0.4, 0.5) is 0 Å². The van der Waals surface area contributed by atoms with Crippen molar-refractivity contribution < 1.29 is 42.8 Å². The zero-order valence-electron chi connectivity index (χ0n) is 26.2. The van der Waals surface area contributed by atoms with E-state index >= 15 is 0 Å². The molecule has 0 radical (unpaired) electrons. The molecule has 0 saturated heterocycles. The van der Waals surface area contributed by atoms with E-state index in [1.165, 1.54) is 38.5 Å². The van der Waals surface area contributed by atoms with E-state index < -0.39 is 44.3 Å². The van der Waals surface area contributed by atoms with Gasteiger partial charge in [0.2, 0.25) is 5.60 Å². The number of likely N-dealkylation sites (N-methyl/N-ethyl adjacent to an activating group) is 1. The number of ketones is 2. The predicted octanol–water partition coefficient (Wildman–Crippen LogP) is 5.49. The Kier molecular flexibility index (Phi) is 21.6. The highest BCUT2D eigenvalue weighted by atomic mass is 31.2. The van der Waals surface area contributed by atoms with Crippen LogP contribution in [0, 0.1) is 0 Å². The number of Topliss-reactive ketones (excluding diaryl/α,β-unsaturated/α-hetero) is 2. The molecule has 0 heterocycles. The van der Waals surface area contributed by atoms with E-state index in [1.54, 1.807) is 21.1 Å². The molecule has 0 saturated carbocycles. The molecule has 0 spiro atoms. The number of quaternary nitrogens is 1. The number of phosphoric ester groups is 1. The zero-order chi connectivity index (χ0) is 30.5. The molecule has 238 valence electrons. The summed E-state index contributed by atoms with van der Waals surface area (Å²) in [6.45, 7) is 2.77. The maximum Gasteiger partial charge on any atom is 0.269 e. The molecular weight excluding hydrogens is 533 g/mol. The molecule has 0 aliphatic heterocycles. The molecule has 0 aromatic carbocycles. The summed E-state index contributed by atoms with van der Waals surface area (Å²) in [4.78, 5) is 40.3. The molecule has 1 unspecified atom stereocenters. The first-order valence-electron chi connectivity index (χ1n) is 15.7. The molecule has 0 aliphatic carbocycles. The van der Waals surface area contributed by atoms with Gasteiger partial charge in [-0.3, -0.25) is 18.7 Å². The quantitative estimate of drug-likeness (QED) is 0.0527. The minimum Gasteiger partial charge on any atom is -0.756 e. The minimum atomic E-state index is -5.17. The van der Waals surface area contributed by atoms with Crippen molar-refractivity contribution in [3.63, 3.8) is 0 Å². The Hall–Kier alpha value is -0.670. The number of unbranched alkanes of at least 4 members (excludes halogenated alkanes) is 14. The number of hydrogen-bond donors (Lipinski definition) is 2. The standard InChI is InChI=1S/C30H60NO8P/c1-6-8-10-12-14-16-18-20-22-28(34)30(26-31(3,4)5,39-40(36,37)38-25-27(33)24-32)29(35)23-21-19-17-15-13-11-9-7-2/h27,32-33H,6-26H2,1-5H3/t27-/m1/s1. The Morgan fingerprint density at radius 3 is 1.50 bits per heavy atom. The lowest BCUT2D eigenvalue weighted by molar-refractivity contribution is -0.874. The van der Waals surface area contributed by atoms with E-state index in [9.17, 15) is 24.2 Å². The smallest absolute Gasteiger partial charge is 0.269 e. The Morgan fingerprint density at radius 1 is 0.775 bits per heavy atom. The Bertz CT molecular complexity index is 693. The maximum atomic E-state index is 13.7. The van der Waals surface area contributed by atoms with Crippen LogP contribution < -0.4 is 4.89 Å². The summed E-state index contributed by atoms with van der Waals surface area (Å²) in [7, 11) is 0.157. The third-order valence-corrected chi connectivity index (χ3v) is 8.02. The maximum absolute atomic E-state index is 13.7.